The first-order valence-electron chi connectivity index (χ1n) is 7.19. The molecule has 1 aromatic carbocycles. The Balaban J connectivity index is 2.08. The van der Waals surface area contributed by atoms with E-state index >= 15 is 0 Å². The molecule has 1 aliphatic heterocycles. The zero-order valence-corrected chi connectivity index (χ0v) is 12.4. The lowest BCUT2D eigenvalue weighted by atomic mass is 9.88. The number of hydrogen-bond acceptors (Lipinski definition) is 3. The molecule has 1 saturated heterocycles. The summed E-state index contributed by atoms with van der Waals surface area (Å²) in [6, 6.07) is 10.1. The summed E-state index contributed by atoms with van der Waals surface area (Å²) in [5.41, 5.74) is 0.884. The van der Waals surface area contributed by atoms with Gasteiger partial charge in [-0.2, -0.15) is 0 Å². The number of amides is 1. The van der Waals surface area contributed by atoms with Gasteiger partial charge in [0.2, 0.25) is 5.91 Å². The summed E-state index contributed by atoms with van der Waals surface area (Å²) in [5.74, 6) is 0.225. The zero-order valence-electron chi connectivity index (χ0n) is 12.4. The van der Waals surface area contributed by atoms with Crippen molar-refractivity contribution in [2.45, 2.75) is 19.9 Å². The van der Waals surface area contributed by atoms with Crippen LogP contribution in [0, 0.1) is 5.41 Å². The monoisotopic (exact) mass is 276 g/mol. The maximum absolute atomic E-state index is 12.8. The molecule has 1 fully saturated rings. The molecule has 110 valence electrons. The fraction of sp³-hybridized carbons (Fsp3) is 0.562. The molecule has 0 bridgehead atoms. The van der Waals surface area contributed by atoms with E-state index in [2.05, 4.69) is 24.4 Å². The van der Waals surface area contributed by atoms with Crippen molar-refractivity contribution in [1.82, 2.24) is 10.2 Å². The van der Waals surface area contributed by atoms with Crippen LogP contribution in [-0.2, 0) is 16.1 Å². The Hall–Kier alpha value is -1.39. The van der Waals surface area contributed by atoms with Gasteiger partial charge in [-0.05, 0) is 25.5 Å². The molecule has 0 aromatic heterocycles. The van der Waals surface area contributed by atoms with Crippen molar-refractivity contribution in [1.29, 1.82) is 0 Å². The molecular formula is C16H24N2O2. The van der Waals surface area contributed by atoms with Crippen LogP contribution in [0.2, 0.25) is 0 Å². The summed E-state index contributed by atoms with van der Waals surface area (Å²) >= 11 is 0. The molecule has 1 aromatic rings. The van der Waals surface area contributed by atoms with Gasteiger partial charge in [0.05, 0.1) is 12.0 Å². The van der Waals surface area contributed by atoms with Gasteiger partial charge in [-0.1, -0.05) is 30.3 Å². The Morgan fingerprint density at radius 2 is 2.15 bits per heavy atom. The number of ether oxygens (including phenoxy) is 1. The van der Waals surface area contributed by atoms with E-state index in [0.717, 1.165) is 25.1 Å². The van der Waals surface area contributed by atoms with Gasteiger partial charge < -0.3 is 15.0 Å². The molecule has 1 N–H and O–H groups in total. The molecule has 4 nitrogen and oxygen atoms in total. The number of hydrogen-bond donors (Lipinski definition) is 1. The van der Waals surface area contributed by atoms with Gasteiger partial charge in [0.1, 0.15) is 0 Å². The summed E-state index contributed by atoms with van der Waals surface area (Å²) in [7, 11) is 1.67. The van der Waals surface area contributed by atoms with E-state index in [0.29, 0.717) is 19.7 Å². The van der Waals surface area contributed by atoms with E-state index in [-0.39, 0.29) is 11.3 Å². The van der Waals surface area contributed by atoms with Crippen molar-refractivity contribution >= 4 is 5.91 Å². The van der Waals surface area contributed by atoms with Gasteiger partial charge in [-0.3, -0.25) is 4.79 Å². The molecular weight excluding hydrogens is 252 g/mol. The minimum atomic E-state index is -0.275. The summed E-state index contributed by atoms with van der Waals surface area (Å²) < 4.78 is 5.15. The number of methoxy groups -OCH3 is 1. The number of nitrogens with one attached hydrogen (secondary N) is 1. The highest BCUT2D eigenvalue weighted by Gasteiger charge is 2.39. The molecule has 0 spiro atoms. The van der Waals surface area contributed by atoms with Crippen LogP contribution in [0.25, 0.3) is 0 Å². The fourth-order valence-corrected chi connectivity index (χ4v) is 2.64. The quantitative estimate of drug-likeness (QED) is 0.859. The molecule has 0 aliphatic carbocycles. The van der Waals surface area contributed by atoms with Gasteiger partial charge in [0, 0.05) is 26.7 Å². The average Bonchev–Trinajstić information content (AvgIpc) is 2.92. The van der Waals surface area contributed by atoms with Crippen LogP contribution in [-0.4, -0.2) is 44.2 Å². The molecule has 0 radical (unpaired) electrons. The smallest absolute Gasteiger partial charge is 0.230 e. The van der Waals surface area contributed by atoms with E-state index < -0.39 is 0 Å². The molecule has 1 heterocycles. The first kappa shape index (κ1) is 15.0. The summed E-state index contributed by atoms with van der Waals surface area (Å²) in [5, 5.41) is 3.29. The Morgan fingerprint density at radius 3 is 2.75 bits per heavy atom. The summed E-state index contributed by atoms with van der Waals surface area (Å²) in [6.45, 7) is 5.61. The number of nitrogens with zero attached hydrogens (tertiary/aromatic N) is 1. The average molecular weight is 276 g/mol. The van der Waals surface area contributed by atoms with E-state index in [4.69, 9.17) is 4.74 Å². The SMILES string of the molecule is COCCN(Cc1ccccc1)C(=O)C1(C)CCNC1. The molecule has 1 aliphatic rings. The maximum atomic E-state index is 12.8. The topological polar surface area (TPSA) is 41.6 Å². The first-order chi connectivity index (χ1) is 9.65. The lowest BCUT2D eigenvalue weighted by molar-refractivity contribution is -0.141. The predicted octanol–water partition coefficient (Wildman–Crippen LogP) is 1.66. The number of carbonyl (C=O) groups excluding carboxylic acids is 1. The number of benzene rings is 1. The van der Waals surface area contributed by atoms with E-state index in [1.807, 2.05) is 23.1 Å². The van der Waals surface area contributed by atoms with Crippen LogP contribution in [0.15, 0.2) is 30.3 Å². The van der Waals surface area contributed by atoms with Crippen LogP contribution in [0.5, 0.6) is 0 Å². The number of carbonyl (C=O) groups is 1. The van der Waals surface area contributed by atoms with Crippen molar-refractivity contribution in [3.05, 3.63) is 35.9 Å². The Labute approximate surface area is 121 Å². The van der Waals surface area contributed by atoms with Crippen molar-refractivity contribution in [3.8, 4) is 0 Å². The third-order valence-electron chi connectivity index (χ3n) is 3.95. The molecule has 2 rings (SSSR count). The van der Waals surface area contributed by atoms with Gasteiger partial charge in [-0.25, -0.2) is 0 Å². The van der Waals surface area contributed by atoms with Crippen LogP contribution >= 0.6 is 0 Å². The van der Waals surface area contributed by atoms with E-state index in [1.165, 1.54) is 0 Å². The highest BCUT2D eigenvalue weighted by molar-refractivity contribution is 5.83. The van der Waals surface area contributed by atoms with Crippen molar-refractivity contribution in [2.75, 3.05) is 33.4 Å². The molecule has 20 heavy (non-hydrogen) atoms. The lowest BCUT2D eigenvalue weighted by Crippen LogP contribution is -2.44. The van der Waals surface area contributed by atoms with Gasteiger partial charge in [0.25, 0.3) is 0 Å². The summed E-state index contributed by atoms with van der Waals surface area (Å²) in [6.07, 6.45) is 0.907. The predicted molar refractivity (Wildman–Crippen MR) is 79.3 cm³/mol. The third kappa shape index (κ3) is 3.58. The second-order valence-corrected chi connectivity index (χ2v) is 5.69. The zero-order chi connectivity index (χ0) is 14.4. The Bertz CT molecular complexity index is 427. The second-order valence-electron chi connectivity index (χ2n) is 5.69. The molecule has 4 heteroatoms. The normalized spacial score (nSPS) is 21.9. The van der Waals surface area contributed by atoms with Crippen molar-refractivity contribution in [3.63, 3.8) is 0 Å². The third-order valence-corrected chi connectivity index (χ3v) is 3.95. The summed E-state index contributed by atoms with van der Waals surface area (Å²) in [4.78, 5) is 14.7. The minimum absolute atomic E-state index is 0.225. The van der Waals surface area contributed by atoms with Gasteiger partial charge >= 0.3 is 0 Å². The Morgan fingerprint density at radius 1 is 1.40 bits per heavy atom. The van der Waals surface area contributed by atoms with Crippen LogP contribution in [0.1, 0.15) is 18.9 Å². The van der Waals surface area contributed by atoms with Crippen LogP contribution < -0.4 is 5.32 Å². The largest absolute Gasteiger partial charge is 0.383 e. The lowest BCUT2D eigenvalue weighted by Gasteiger charge is -2.31. The first-order valence-corrected chi connectivity index (χ1v) is 7.19. The highest BCUT2D eigenvalue weighted by atomic mass is 16.5. The van der Waals surface area contributed by atoms with Gasteiger partial charge in [-0.15, -0.1) is 0 Å². The fourth-order valence-electron chi connectivity index (χ4n) is 2.64. The molecule has 1 amide bonds. The van der Waals surface area contributed by atoms with Crippen molar-refractivity contribution in [2.24, 2.45) is 5.41 Å². The minimum Gasteiger partial charge on any atom is -0.383 e. The second kappa shape index (κ2) is 6.86. The van der Waals surface area contributed by atoms with Crippen molar-refractivity contribution < 1.29 is 9.53 Å². The van der Waals surface area contributed by atoms with Gasteiger partial charge in [0.15, 0.2) is 0 Å². The van der Waals surface area contributed by atoms with E-state index in [9.17, 15) is 4.79 Å². The highest BCUT2D eigenvalue weighted by Crippen LogP contribution is 2.27. The molecule has 1 atom stereocenters. The molecule has 1 unspecified atom stereocenters. The number of rotatable bonds is 6. The standard InChI is InChI=1S/C16H24N2O2/c1-16(8-9-17-13-16)15(19)18(10-11-20-2)12-14-6-4-3-5-7-14/h3-7,17H,8-13H2,1-2H3. The molecule has 0 saturated carbocycles. The maximum Gasteiger partial charge on any atom is 0.230 e. The van der Waals surface area contributed by atoms with Crippen LogP contribution in [0.3, 0.4) is 0 Å². The Kier molecular flexibility index (Phi) is 5.15. The van der Waals surface area contributed by atoms with Crippen LogP contribution in [0.4, 0.5) is 0 Å². The van der Waals surface area contributed by atoms with E-state index in [1.54, 1.807) is 7.11 Å².